The molecule has 1 rings (SSSR count). The van der Waals surface area contributed by atoms with Crippen molar-refractivity contribution in [3.8, 4) is 0 Å². The van der Waals surface area contributed by atoms with Crippen molar-refractivity contribution in [3.63, 3.8) is 0 Å². The van der Waals surface area contributed by atoms with Gasteiger partial charge in [0.2, 0.25) is 10.0 Å². The molecule has 0 atom stereocenters. The Morgan fingerprint density at radius 1 is 1.24 bits per heavy atom. The summed E-state index contributed by atoms with van der Waals surface area (Å²) in [6.07, 6.45) is 0.832. The standard InChI is InChI=1S/C10H23N3O3S/c1-11-3-10-17(15,16)13-5-2-4-12(6-7-13)8-9-14/h11,14H,2-10H2,1H3. The molecule has 1 fully saturated rings. The van der Waals surface area contributed by atoms with E-state index in [2.05, 4.69) is 10.2 Å². The molecule has 0 saturated carbocycles. The fourth-order valence-electron chi connectivity index (χ4n) is 1.95. The van der Waals surface area contributed by atoms with Crippen LogP contribution in [0.4, 0.5) is 0 Å². The van der Waals surface area contributed by atoms with Gasteiger partial charge in [0.05, 0.1) is 12.4 Å². The molecule has 1 heterocycles. The lowest BCUT2D eigenvalue weighted by Crippen LogP contribution is -2.38. The summed E-state index contributed by atoms with van der Waals surface area (Å²) in [4.78, 5) is 2.10. The number of hydrogen-bond donors (Lipinski definition) is 2. The highest BCUT2D eigenvalue weighted by Gasteiger charge is 2.24. The molecule has 0 aliphatic carbocycles. The smallest absolute Gasteiger partial charge is 0.215 e. The van der Waals surface area contributed by atoms with Gasteiger partial charge in [-0.05, 0) is 20.0 Å². The van der Waals surface area contributed by atoms with Crippen LogP contribution < -0.4 is 5.32 Å². The molecular weight excluding hydrogens is 242 g/mol. The van der Waals surface area contributed by atoms with Crippen molar-refractivity contribution in [2.45, 2.75) is 6.42 Å². The molecular formula is C10H23N3O3S. The molecule has 2 N–H and O–H groups in total. The number of sulfonamides is 1. The third-order valence-electron chi connectivity index (χ3n) is 2.97. The maximum atomic E-state index is 12.0. The normalized spacial score (nSPS) is 20.4. The third-order valence-corrected chi connectivity index (χ3v) is 4.84. The van der Waals surface area contributed by atoms with Gasteiger partial charge in [0.15, 0.2) is 0 Å². The first-order valence-corrected chi connectivity index (χ1v) is 7.66. The van der Waals surface area contributed by atoms with Gasteiger partial charge < -0.3 is 10.4 Å². The first-order valence-electron chi connectivity index (χ1n) is 6.06. The second-order valence-electron chi connectivity index (χ2n) is 4.24. The van der Waals surface area contributed by atoms with Gasteiger partial charge in [0.25, 0.3) is 0 Å². The van der Waals surface area contributed by atoms with Crippen LogP contribution in [0.3, 0.4) is 0 Å². The first kappa shape index (κ1) is 14.8. The number of aliphatic hydroxyl groups excluding tert-OH is 1. The molecule has 0 unspecified atom stereocenters. The molecule has 1 aliphatic rings. The Labute approximate surface area is 104 Å². The summed E-state index contributed by atoms with van der Waals surface area (Å²) in [5.41, 5.74) is 0. The monoisotopic (exact) mass is 265 g/mol. The van der Waals surface area contributed by atoms with Crippen LogP contribution in [0.25, 0.3) is 0 Å². The van der Waals surface area contributed by atoms with Crippen LogP contribution in [-0.2, 0) is 10.0 Å². The Bertz CT molecular complexity index is 308. The van der Waals surface area contributed by atoms with Crippen molar-refractivity contribution < 1.29 is 13.5 Å². The van der Waals surface area contributed by atoms with E-state index in [4.69, 9.17) is 5.11 Å². The number of nitrogens with zero attached hydrogens (tertiary/aromatic N) is 2. The minimum Gasteiger partial charge on any atom is -0.395 e. The summed E-state index contributed by atoms with van der Waals surface area (Å²) in [6.45, 7) is 3.94. The third kappa shape index (κ3) is 4.89. The van der Waals surface area contributed by atoms with Gasteiger partial charge in [0, 0.05) is 32.7 Å². The number of β-amino-alcohol motifs (C(OH)–C–C–N with tert-alkyl or cyclic N) is 1. The molecule has 1 aliphatic heterocycles. The van der Waals surface area contributed by atoms with E-state index in [1.54, 1.807) is 11.4 Å². The van der Waals surface area contributed by atoms with E-state index in [1.165, 1.54) is 0 Å². The minimum atomic E-state index is -3.13. The number of rotatable bonds is 6. The largest absolute Gasteiger partial charge is 0.395 e. The molecule has 0 aromatic rings. The SMILES string of the molecule is CNCCS(=O)(=O)N1CCCN(CCO)CC1. The maximum Gasteiger partial charge on any atom is 0.215 e. The predicted molar refractivity (Wildman–Crippen MR) is 67.4 cm³/mol. The summed E-state index contributed by atoms with van der Waals surface area (Å²) in [5, 5.41) is 11.7. The number of nitrogens with one attached hydrogen (secondary N) is 1. The van der Waals surface area contributed by atoms with Gasteiger partial charge >= 0.3 is 0 Å². The average molecular weight is 265 g/mol. The Hall–Kier alpha value is -0.210. The summed E-state index contributed by atoms with van der Waals surface area (Å²) < 4.78 is 25.5. The Kier molecular flexibility index (Phi) is 6.35. The molecule has 17 heavy (non-hydrogen) atoms. The lowest BCUT2D eigenvalue weighted by Gasteiger charge is -2.21. The Balaban J connectivity index is 2.50. The van der Waals surface area contributed by atoms with Gasteiger partial charge in [-0.25, -0.2) is 12.7 Å². The van der Waals surface area contributed by atoms with E-state index in [9.17, 15) is 8.42 Å². The van der Waals surface area contributed by atoms with E-state index < -0.39 is 10.0 Å². The molecule has 1 saturated heterocycles. The fourth-order valence-corrected chi connectivity index (χ4v) is 3.44. The topological polar surface area (TPSA) is 72.9 Å². The quantitative estimate of drug-likeness (QED) is 0.614. The van der Waals surface area contributed by atoms with Crippen LogP contribution in [0, 0.1) is 0 Å². The molecule has 0 aromatic heterocycles. The Morgan fingerprint density at radius 3 is 2.65 bits per heavy atom. The summed E-state index contributed by atoms with van der Waals surface area (Å²) in [6, 6.07) is 0. The lowest BCUT2D eigenvalue weighted by atomic mass is 10.4. The number of hydrogen-bond acceptors (Lipinski definition) is 5. The van der Waals surface area contributed by atoms with Crippen molar-refractivity contribution >= 4 is 10.0 Å². The van der Waals surface area contributed by atoms with Crippen LogP contribution in [0.5, 0.6) is 0 Å². The van der Waals surface area contributed by atoms with E-state index in [-0.39, 0.29) is 12.4 Å². The van der Waals surface area contributed by atoms with Gasteiger partial charge in [-0.3, -0.25) is 4.90 Å². The van der Waals surface area contributed by atoms with Gasteiger partial charge in [-0.15, -0.1) is 0 Å². The van der Waals surface area contributed by atoms with Crippen molar-refractivity contribution in [1.82, 2.24) is 14.5 Å². The molecule has 0 aromatic carbocycles. The molecule has 0 bridgehead atoms. The highest BCUT2D eigenvalue weighted by atomic mass is 32.2. The van der Waals surface area contributed by atoms with Gasteiger partial charge in [-0.2, -0.15) is 0 Å². The second-order valence-corrected chi connectivity index (χ2v) is 6.33. The van der Waals surface area contributed by atoms with Gasteiger partial charge in [-0.1, -0.05) is 0 Å². The molecule has 6 nitrogen and oxygen atoms in total. The van der Waals surface area contributed by atoms with E-state index in [0.717, 1.165) is 13.0 Å². The van der Waals surface area contributed by atoms with Crippen LogP contribution in [0.1, 0.15) is 6.42 Å². The highest BCUT2D eigenvalue weighted by Crippen LogP contribution is 2.08. The van der Waals surface area contributed by atoms with Crippen LogP contribution in [0.2, 0.25) is 0 Å². The Morgan fingerprint density at radius 2 is 2.00 bits per heavy atom. The zero-order valence-electron chi connectivity index (χ0n) is 10.4. The maximum absolute atomic E-state index is 12.0. The van der Waals surface area contributed by atoms with Crippen molar-refractivity contribution in [2.24, 2.45) is 0 Å². The molecule has 0 spiro atoms. The predicted octanol–water partition coefficient (Wildman–Crippen LogP) is -1.46. The summed E-state index contributed by atoms with van der Waals surface area (Å²) in [7, 11) is -1.37. The second kappa shape index (κ2) is 7.27. The molecule has 7 heteroatoms. The van der Waals surface area contributed by atoms with Gasteiger partial charge in [0.1, 0.15) is 0 Å². The highest BCUT2D eigenvalue weighted by molar-refractivity contribution is 7.89. The molecule has 0 amide bonds. The zero-order valence-corrected chi connectivity index (χ0v) is 11.2. The van der Waals surface area contributed by atoms with Crippen LogP contribution >= 0.6 is 0 Å². The number of aliphatic hydroxyl groups is 1. The summed E-state index contributed by atoms with van der Waals surface area (Å²) in [5.74, 6) is 0.156. The van der Waals surface area contributed by atoms with E-state index >= 15 is 0 Å². The minimum absolute atomic E-state index is 0.131. The fraction of sp³-hybridized carbons (Fsp3) is 1.00. The van der Waals surface area contributed by atoms with E-state index in [0.29, 0.717) is 32.7 Å². The van der Waals surface area contributed by atoms with Crippen molar-refractivity contribution in [2.75, 3.05) is 58.7 Å². The first-order chi connectivity index (χ1) is 8.10. The van der Waals surface area contributed by atoms with Crippen molar-refractivity contribution in [3.05, 3.63) is 0 Å². The van der Waals surface area contributed by atoms with Crippen molar-refractivity contribution in [1.29, 1.82) is 0 Å². The molecule has 0 radical (unpaired) electrons. The summed E-state index contributed by atoms with van der Waals surface area (Å²) >= 11 is 0. The zero-order chi connectivity index (χ0) is 12.7. The van der Waals surface area contributed by atoms with E-state index in [1.807, 2.05) is 0 Å². The lowest BCUT2D eigenvalue weighted by molar-refractivity contribution is 0.202. The van der Waals surface area contributed by atoms with Crippen LogP contribution in [-0.4, -0.2) is 81.4 Å². The van der Waals surface area contributed by atoms with Crippen LogP contribution in [0.15, 0.2) is 0 Å². The average Bonchev–Trinajstić information content (AvgIpc) is 2.53. The molecule has 102 valence electrons.